The second kappa shape index (κ2) is 5.38. The van der Waals surface area contributed by atoms with Gasteiger partial charge in [-0.15, -0.1) is 10.2 Å². The number of benzene rings is 1. The molecule has 3 rings (SSSR count). The number of rotatable bonds is 2. The number of alkyl halides is 3. The number of nitrogens with zero attached hydrogens (tertiary/aromatic N) is 3. The Balaban J connectivity index is 1.92. The fraction of sp³-hybridized carbons (Fsp3) is 0.385. The molecule has 0 radical (unpaired) electrons. The van der Waals surface area contributed by atoms with Crippen LogP contribution >= 0.6 is 11.3 Å². The van der Waals surface area contributed by atoms with Crippen LogP contribution in [0.4, 0.5) is 28.4 Å². The Hall–Kier alpha value is -1.90. The summed E-state index contributed by atoms with van der Waals surface area (Å²) in [5, 5.41) is 8.10. The third-order valence-corrected chi connectivity index (χ3v) is 4.38. The van der Waals surface area contributed by atoms with Gasteiger partial charge in [0.15, 0.2) is 0 Å². The summed E-state index contributed by atoms with van der Waals surface area (Å²) < 4.78 is 53.2. The number of anilines is 2. The van der Waals surface area contributed by atoms with E-state index in [0.717, 1.165) is 16.2 Å². The molecule has 9 heteroatoms. The van der Waals surface area contributed by atoms with Gasteiger partial charge in [-0.3, -0.25) is 0 Å². The zero-order valence-corrected chi connectivity index (χ0v) is 12.1. The molecular weight excluding hydrogens is 320 g/mol. The normalized spacial score (nSPS) is 18.9. The van der Waals surface area contributed by atoms with Gasteiger partial charge in [-0.25, -0.2) is 4.39 Å². The van der Waals surface area contributed by atoms with Crippen LogP contribution in [0.5, 0.6) is 0 Å². The van der Waals surface area contributed by atoms with Crippen molar-refractivity contribution in [1.29, 1.82) is 0 Å². The summed E-state index contributed by atoms with van der Waals surface area (Å²) in [4.78, 5) is 1.08. The lowest BCUT2D eigenvalue weighted by atomic mass is 10.1. The molecular formula is C13H12F4N4S. The second-order valence-corrected chi connectivity index (χ2v) is 6.01. The Morgan fingerprint density at radius 3 is 2.64 bits per heavy atom. The van der Waals surface area contributed by atoms with Crippen LogP contribution in [0.1, 0.15) is 12.8 Å². The van der Waals surface area contributed by atoms with Crippen molar-refractivity contribution in [2.75, 3.05) is 17.2 Å². The third kappa shape index (κ3) is 2.72. The largest absolute Gasteiger partial charge is 0.408 e. The molecule has 1 atom stereocenters. The Labute approximate surface area is 127 Å². The molecule has 1 aliphatic heterocycles. The van der Waals surface area contributed by atoms with Gasteiger partial charge < -0.3 is 10.6 Å². The molecule has 2 heterocycles. The summed E-state index contributed by atoms with van der Waals surface area (Å²) >= 11 is 1.09. The topological polar surface area (TPSA) is 55.0 Å². The summed E-state index contributed by atoms with van der Waals surface area (Å²) in [5.74, 6) is -0.706. The van der Waals surface area contributed by atoms with Gasteiger partial charge >= 0.3 is 6.18 Å². The van der Waals surface area contributed by atoms with E-state index in [4.69, 9.17) is 5.73 Å². The fourth-order valence-corrected chi connectivity index (χ4v) is 3.23. The summed E-state index contributed by atoms with van der Waals surface area (Å²) in [7, 11) is 0. The summed E-state index contributed by atoms with van der Waals surface area (Å²) in [6.07, 6.45) is -3.99. The molecule has 118 valence electrons. The lowest BCUT2D eigenvalue weighted by molar-refractivity contribution is -0.146. The van der Waals surface area contributed by atoms with Crippen molar-refractivity contribution in [1.82, 2.24) is 10.2 Å². The highest BCUT2D eigenvalue weighted by Gasteiger charge is 2.46. The van der Waals surface area contributed by atoms with E-state index < -0.39 is 18.0 Å². The molecule has 2 aromatic rings. The van der Waals surface area contributed by atoms with Crippen LogP contribution in [0.2, 0.25) is 0 Å². The van der Waals surface area contributed by atoms with Gasteiger partial charge in [0, 0.05) is 12.1 Å². The van der Waals surface area contributed by atoms with Gasteiger partial charge in [-0.2, -0.15) is 13.2 Å². The number of aromatic nitrogens is 2. The highest BCUT2D eigenvalue weighted by Crippen LogP contribution is 2.38. The maximum atomic E-state index is 14.3. The van der Waals surface area contributed by atoms with Gasteiger partial charge in [0.05, 0.1) is 5.69 Å². The second-order valence-electron chi connectivity index (χ2n) is 5.00. The van der Waals surface area contributed by atoms with Crippen LogP contribution < -0.4 is 10.6 Å². The predicted octanol–water partition coefficient (Wildman–Crippen LogP) is 3.46. The molecule has 0 bridgehead atoms. The van der Waals surface area contributed by atoms with Crippen molar-refractivity contribution in [2.45, 2.75) is 25.1 Å². The van der Waals surface area contributed by atoms with Crippen molar-refractivity contribution in [2.24, 2.45) is 0 Å². The molecule has 1 aromatic heterocycles. The van der Waals surface area contributed by atoms with E-state index >= 15 is 0 Å². The minimum atomic E-state index is -4.37. The minimum Gasteiger partial charge on any atom is -0.374 e. The summed E-state index contributed by atoms with van der Waals surface area (Å²) in [6.45, 7) is 0.187. The lowest BCUT2D eigenvalue weighted by Crippen LogP contribution is -2.41. The average Bonchev–Trinajstić information content (AvgIpc) is 3.06. The standard InChI is InChI=1S/C13H12F4N4S/c14-8-6-7(11-19-20-12(18)22-11)3-4-9(8)21-5-1-2-10(21)13(15,16)17/h3-4,6,10H,1-2,5H2,(H2,18,20)/t10-/m0/s1. The number of nitrogen functional groups attached to an aromatic ring is 1. The molecule has 2 N–H and O–H groups in total. The van der Waals surface area contributed by atoms with Gasteiger partial charge in [0.2, 0.25) is 5.13 Å². The molecule has 0 unspecified atom stereocenters. The number of hydrogen-bond acceptors (Lipinski definition) is 5. The number of hydrogen-bond donors (Lipinski definition) is 1. The zero-order chi connectivity index (χ0) is 15.9. The molecule has 1 aromatic carbocycles. The quantitative estimate of drug-likeness (QED) is 0.856. The predicted molar refractivity (Wildman–Crippen MR) is 76.1 cm³/mol. The first-order chi connectivity index (χ1) is 10.4. The van der Waals surface area contributed by atoms with Crippen molar-refractivity contribution >= 4 is 22.2 Å². The third-order valence-electron chi connectivity index (χ3n) is 3.58. The highest BCUT2D eigenvalue weighted by molar-refractivity contribution is 7.18. The number of halogens is 4. The van der Waals surface area contributed by atoms with E-state index in [2.05, 4.69) is 10.2 Å². The van der Waals surface area contributed by atoms with Crippen LogP contribution in [-0.2, 0) is 0 Å². The van der Waals surface area contributed by atoms with E-state index in [0.29, 0.717) is 17.0 Å². The zero-order valence-electron chi connectivity index (χ0n) is 11.3. The minimum absolute atomic E-state index is 0.0162. The van der Waals surface area contributed by atoms with Crippen molar-refractivity contribution in [3.05, 3.63) is 24.0 Å². The van der Waals surface area contributed by atoms with E-state index in [1.807, 2.05) is 0 Å². The Morgan fingerprint density at radius 1 is 1.27 bits per heavy atom. The Kier molecular flexibility index (Phi) is 3.67. The molecule has 0 amide bonds. The Bertz CT molecular complexity index is 685. The monoisotopic (exact) mass is 332 g/mol. The lowest BCUT2D eigenvalue weighted by Gasteiger charge is -2.28. The first-order valence-electron chi connectivity index (χ1n) is 6.58. The SMILES string of the molecule is Nc1nnc(-c2ccc(N3CCC[C@H]3C(F)(F)F)c(F)c2)s1. The maximum Gasteiger partial charge on any atom is 0.408 e. The summed E-state index contributed by atoms with van der Waals surface area (Å²) in [5.41, 5.74) is 5.87. The molecule has 4 nitrogen and oxygen atoms in total. The van der Waals surface area contributed by atoms with Gasteiger partial charge in [0.1, 0.15) is 16.9 Å². The molecule has 0 saturated carbocycles. The van der Waals surface area contributed by atoms with Crippen molar-refractivity contribution in [3.63, 3.8) is 0 Å². The summed E-state index contributed by atoms with van der Waals surface area (Å²) in [6, 6.07) is 2.42. The molecule has 1 fully saturated rings. The molecule has 1 saturated heterocycles. The average molecular weight is 332 g/mol. The fourth-order valence-electron chi connectivity index (χ4n) is 2.62. The van der Waals surface area contributed by atoms with Crippen molar-refractivity contribution < 1.29 is 17.6 Å². The van der Waals surface area contributed by atoms with E-state index in [-0.39, 0.29) is 23.8 Å². The first kappa shape index (κ1) is 15.0. The first-order valence-corrected chi connectivity index (χ1v) is 7.40. The number of nitrogens with two attached hydrogens (primary N) is 1. The van der Waals surface area contributed by atoms with Crippen LogP contribution in [0, 0.1) is 5.82 Å². The molecule has 0 spiro atoms. The van der Waals surface area contributed by atoms with E-state index in [1.54, 1.807) is 0 Å². The van der Waals surface area contributed by atoms with Gasteiger partial charge in [-0.1, -0.05) is 11.3 Å². The smallest absolute Gasteiger partial charge is 0.374 e. The molecule has 0 aliphatic carbocycles. The molecule has 1 aliphatic rings. The molecule has 22 heavy (non-hydrogen) atoms. The van der Waals surface area contributed by atoms with E-state index in [9.17, 15) is 17.6 Å². The van der Waals surface area contributed by atoms with Gasteiger partial charge in [0.25, 0.3) is 0 Å². The Morgan fingerprint density at radius 2 is 2.05 bits per heavy atom. The van der Waals surface area contributed by atoms with E-state index in [1.165, 1.54) is 18.2 Å². The highest BCUT2D eigenvalue weighted by atomic mass is 32.1. The van der Waals surface area contributed by atoms with Crippen LogP contribution in [0.3, 0.4) is 0 Å². The van der Waals surface area contributed by atoms with Crippen LogP contribution in [0.25, 0.3) is 10.6 Å². The van der Waals surface area contributed by atoms with Crippen LogP contribution in [0.15, 0.2) is 18.2 Å². The van der Waals surface area contributed by atoms with Crippen LogP contribution in [-0.4, -0.2) is 29.0 Å². The van der Waals surface area contributed by atoms with Gasteiger partial charge in [-0.05, 0) is 31.0 Å². The van der Waals surface area contributed by atoms with Crippen molar-refractivity contribution in [3.8, 4) is 10.6 Å². The maximum absolute atomic E-state index is 14.3.